The second-order valence-electron chi connectivity index (χ2n) is 7.01. The van der Waals surface area contributed by atoms with Crippen LogP contribution in [0.2, 0.25) is 0 Å². The minimum atomic E-state index is -1.70. The first kappa shape index (κ1) is 21.3. The van der Waals surface area contributed by atoms with Crippen molar-refractivity contribution in [1.82, 2.24) is 0 Å². The fourth-order valence-electron chi connectivity index (χ4n) is 3.69. The average Bonchev–Trinajstić information content (AvgIpc) is 2.78. The molecule has 3 rings (SSSR count). The fourth-order valence-corrected chi connectivity index (χ4v) is 8.27. The molecule has 0 aliphatic rings. The van der Waals surface area contributed by atoms with E-state index in [4.69, 9.17) is 0 Å². The van der Waals surface area contributed by atoms with E-state index in [9.17, 15) is 0 Å². The minimum absolute atomic E-state index is 1.08. The zero-order chi connectivity index (χ0) is 19.5. The lowest BCUT2D eigenvalue weighted by molar-refractivity contribution is 0.739. The molecule has 0 amide bonds. The van der Waals surface area contributed by atoms with Gasteiger partial charge < -0.3 is 0 Å². The highest BCUT2D eigenvalue weighted by molar-refractivity contribution is 14.1. The molecule has 0 nitrogen and oxygen atoms in total. The molecular formula is C26H29IP+. The van der Waals surface area contributed by atoms with Crippen LogP contribution in [-0.4, -0.2) is 10.6 Å². The minimum Gasteiger partial charge on any atom is -0.0864 e. The predicted molar refractivity (Wildman–Crippen MR) is 137 cm³/mol. The summed E-state index contributed by atoms with van der Waals surface area (Å²) in [6.45, 7) is 0. The number of unbranched alkanes of at least 4 members (excludes halogenated alkanes) is 3. The number of alkyl halides is 1. The molecule has 0 aromatic heterocycles. The Kier molecular flexibility index (Phi) is 8.76. The fraction of sp³-hybridized carbons (Fsp3) is 0.231. The third kappa shape index (κ3) is 5.33. The van der Waals surface area contributed by atoms with Gasteiger partial charge in [-0.2, -0.15) is 0 Å². The number of rotatable bonds is 10. The van der Waals surface area contributed by atoms with Crippen molar-refractivity contribution >= 4 is 45.8 Å². The summed E-state index contributed by atoms with van der Waals surface area (Å²) in [5.74, 6) is 0. The molecule has 3 aromatic rings. The van der Waals surface area contributed by atoms with Crippen LogP contribution in [0.1, 0.15) is 25.7 Å². The highest BCUT2D eigenvalue weighted by atomic mass is 127. The van der Waals surface area contributed by atoms with Crippen LogP contribution in [0.5, 0.6) is 0 Å². The third-order valence-electron chi connectivity index (χ3n) is 5.14. The highest BCUT2D eigenvalue weighted by Gasteiger charge is 2.43. The van der Waals surface area contributed by atoms with E-state index in [1.165, 1.54) is 46.0 Å². The normalized spacial score (nSPS) is 11.8. The molecule has 0 spiro atoms. The number of halogens is 1. The van der Waals surface area contributed by atoms with Crippen molar-refractivity contribution < 1.29 is 0 Å². The Labute approximate surface area is 184 Å². The molecule has 0 saturated carbocycles. The van der Waals surface area contributed by atoms with Crippen molar-refractivity contribution in [2.75, 3.05) is 10.6 Å². The van der Waals surface area contributed by atoms with Gasteiger partial charge in [0.15, 0.2) is 0 Å². The summed E-state index contributed by atoms with van der Waals surface area (Å²) >= 11 is 2.47. The maximum absolute atomic E-state index is 2.47. The van der Waals surface area contributed by atoms with Crippen molar-refractivity contribution in [2.45, 2.75) is 25.7 Å². The molecule has 0 atom stereocenters. The van der Waals surface area contributed by atoms with E-state index in [1.54, 1.807) is 0 Å². The third-order valence-corrected chi connectivity index (χ3v) is 10.2. The van der Waals surface area contributed by atoms with Gasteiger partial charge in [-0.15, -0.1) is 0 Å². The van der Waals surface area contributed by atoms with Crippen molar-refractivity contribution in [1.29, 1.82) is 0 Å². The second-order valence-corrected chi connectivity index (χ2v) is 11.6. The van der Waals surface area contributed by atoms with E-state index in [-0.39, 0.29) is 0 Å². The molecule has 0 aliphatic carbocycles. The lowest BCUT2D eigenvalue weighted by atomic mass is 10.2. The Hall–Kier alpha value is -1.44. The van der Waals surface area contributed by atoms with E-state index in [2.05, 4.69) is 126 Å². The monoisotopic (exact) mass is 499 g/mol. The molecule has 0 radical (unpaired) electrons. The van der Waals surface area contributed by atoms with Crippen LogP contribution < -0.4 is 15.9 Å². The molecule has 2 heteroatoms. The summed E-state index contributed by atoms with van der Waals surface area (Å²) in [7, 11) is -1.70. The Bertz CT molecular complexity index is 731. The molecule has 0 fully saturated rings. The number of hydrogen-bond acceptors (Lipinski definition) is 0. The van der Waals surface area contributed by atoms with Gasteiger partial charge in [-0.3, -0.25) is 0 Å². The molecule has 0 saturated heterocycles. The molecule has 144 valence electrons. The first-order valence-electron chi connectivity index (χ1n) is 10.1. The summed E-state index contributed by atoms with van der Waals surface area (Å²) in [6.07, 6.45) is 11.1. The highest BCUT2D eigenvalue weighted by Crippen LogP contribution is 2.55. The van der Waals surface area contributed by atoms with Crippen LogP contribution in [0, 0.1) is 0 Å². The van der Waals surface area contributed by atoms with E-state index < -0.39 is 7.26 Å². The molecule has 28 heavy (non-hydrogen) atoms. The first-order valence-corrected chi connectivity index (χ1v) is 13.6. The van der Waals surface area contributed by atoms with Gasteiger partial charge in [0.1, 0.15) is 23.2 Å². The lowest BCUT2D eigenvalue weighted by Crippen LogP contribution is -2.32. The topological polar surface area (TPSA) is 0 Å². The average molecular weight is 499 g/mol. The standard InChI is InChI=1S/C26H29IP/c27-22-14-3-1-2-4-15-23-28(24-16-8-5-9-17-24,25-18-10-6-11-19-25)26-20-12-7-13-21-26/h4-13,15-21H,1-3,14,22-23H2/q+1. The van der Waals surface area contributed by atoms with E-state index in [0.29, 0.717) is 0 Å². The predicted octanol–water partition coefficient (Wildman–Crippen LogP) is 6.53. The smallest absolute Gasteiger partial charge is 0.0864 e. The summed E-state index contributed by atoms with van der Waals surface area (Å²) in [5, 5.41) is 4.38. The Morgan fingerprint density at radius 3 is 1.46 bits per heavy atom. The Balaban J connectivity index is 1.98. The second kappa shape index (κ2) is 11.5. The molecule has 3 aromatic carbocycles. The number of benzene rings is 3. The maximum Gasteiger partial charge on any atom is 0.115 e. The molecule has 0 heterocycles. The SMILES string of the molecule is ICCCCCC=CC[P+](c1ccccc1)(c1ccccc1)c1ccccc1. The summed E-state index contributed by atoms with van der Waals surface area (Å²) in [6, 6.07) is 33.4. The van der Waals surface area contributed by atoms with Crippen LogP contribution >= 0.6 is 29.9 Å². The first-order chi connectivity index (χ1) is 13.9. The van der Waals surface area contributed by atoms with E-state index in [0.717, 1.165) is 6.16 Å². The summed E-state index contributed by atoms with van der Waals surface area (Å²) in [5.41, 5.74) is 0. The van der Waals surface area contributed by atoms with Gasteiger partial charge in [-0.1, -0.05) is 95.8 Å². The lowest BCUT2D eigenvalue weighted by Gasteiger charge is -2.26. The van der Waals surface area contributed by atoms with Gasteiger partial charge in [0.2, 0.25) is 0 Å². The van der Waals surface area contributed by atoms with Crippen molar-refractivity contribution in [2.24, 2.45) is 0 Å². The van der Waals surface area contributed by atoms with Crippen molar-refractivity contribution in [3.63, 3.8) is 0 Å². The molecule has 0 bridgehead atoms. The van der Waals surface area contributed by atoms with Crippen molar-refractivity contribution in [3.05, 3.63) is 103 Å². The van der Waals surface area contributed by atoms with E-state index in [1.807, 2.05) is 0 Å². The summed E-state index contributed by atoms with van der Waals surface area (Å²) in [4.78, 5) is 0. The number of allylic oxidation sites excluding steroid dienone is 2. The van der Waals surface area contributed by atoms with Crippen molar-refractivity contribution in [3.8, 4) is 0 Å². The van der Waals surface area contributed by atoms with Crippen LogP contribution in [-0.2, 0) is 0 Å². The maximum atomic E-state index is 2.47. The van der Waals surface area contributed by atoms with E-state index >= 15 is 0 Å². The Morgan fingerprint density at radius 1 is 0.571 bits per heavy atom. The van der Waals surface area contributed by atoms with Gasteiger partial charge in [-0.25, -0.2) is 0 Å². The largest absolute Gasteiger partial charge is 0.115 e. The van der Waals surface area contributed by atoms with Gasteiger partial charge >= 0.3 is 0 Å². The molecule has 0 N–H and O–H groups in total. The quantitative estimate of drug-likeness (QED) is 0.0978. The van der Waals surface area contributed by atoms with Gasteiger partial charge in [0.25, 0.3) is 0 Å². The Morgan fingerprint density at radius 2 is 1.04 bits per heavy atom. The molecular weight excluding hydrogens is 470 g/mol. The van der Waals surface area contributed by atoms with Crippen LogP contribution in [0.3, 0.4) is 0 Å². The van der Waals surface area contributed by atoms with Gasteiger partial charge in [0.05, 0.1) is 6.16 Å². The van der Waals surface area contributed by atoms with Crippen LogP contribution in [0.15, 0.2) is 103 Å². The van der Waals surface area contributed by atoms with Gasteiger partial charge in [-0.05, 0) is 60.1 Å². The number of hydrogen-bond donors (Lipinski definition) is 0. The molecule has 0 aliphatic heterocycles. The summed E-state index contributed by atoms with van der Waals surface area (Å²) < 4.78 is 1.27. The molecule has 0 unspecified atom stereocenters. The van der Waals surface area contributed by atoms with Crippen LogP contribution in [0.4, 0.5) is 0 Å². The van der Waals surface area contributed by atoms with Crippen LogP contribution in [0.25, 0.3) is 0 Å². The zero-order valence-electron chi connectivity index (χ0n) is 16.4. The van der Waals surface area contributed by atoms with Gasteiger partial charge in [0, 0.05) is 0 Å². The zero-order valence-corrected chi connectivity index (χ0v) is 19.4.